The van der Waals surface area contributed by atoms with E-state index in [0.717, 1.165) is 48.7 Å². The number of fused-ring (bicyclic) bond motifs is 1. The molecule has 0 spiro atoms. The number of nitrogens with one attached hydrogen (secondary N) is 1. The molecule has 6 rings (SSSR count). The van der Waals surface area contributed by atoms with Crippen LogP contribution in [0.1, 0.15) is 102 Å². The summed E-state index contributed by atoms with van der Waals surface area (Å²) in [5.74, 6) is -1.78. The van der Waals surface area contributed by atoms with Gasteiger partial charge in [0.1, 0.15) is 11.6 Å². The number of piperidine rings is 1. The molecule has 2 N–H and O–H groups in total. The summed E-state index contributed by atoms with van der Waals surface area (Å²) >= 11 is 0. The molecule has 8 nitrogen and oxygen atoms in total. The molecule has 2 heterocycles. The molecule has 3 fully saturated rings. The Kier molecular flexibility index (Phi) is 10.9. The van der Waals surface area contributed by atoms with Crippen LogP contribution in [-0.4, -0.2) is 63.3 Å². The molecule has 2 aliphatic carbocycles. The van der Waals surface area contributed by atoms with E-state index in [2.05, 4.69) is 19.2 Å². The predicted octanol–water partition coefficient (Wildman–Crippen LogP) is 8.15. The quantitative estimate of drug-likeness (QED) is 0.247. The molecule has 276 valence electrons. The van der Waals surface area contributed by atoms with Crippen molar-refractivity contribution in [3.8, 4) is 0 Å². The lowest BCUT2D eigenvalue weighted by Crippen LogP contribution is -2.58. The molecule has 3 aromatic rings. The number of aliphatic carboxylic acids is 1. The van der Waals surface area contributed by atoms with Gasteiger partial charge in [0.25, 0.3) is 0 Å². The van der Waals surface area contributed by atoms with Crippen LogP contribution in [-0.2, 0) is 26.2 Å². The van der Waals surface area contributed by atoms with E-state index in [1.54, 1.807) is 27.7 Å². The largest absolute Gasteiger partial charge is 0.481 e. The lowest BCUT2D eigenvalue weighted by atomic mass is 9.69. The Labute approximate surface area is 299 Å². The van der Waals surface area contributed by atoms with Crippen LogP contribution in [0.5, 0.6) is 0 Å². The number of halogens is 2. The van der Waals surface area contributed by atoms with Crippen molar-refractivity contribution in [1.82, 2.24) is 14.8 Å². The van der Waals surface area contributed by atoms with Crippen molar-refractivity contribution in [3.05, 3.63) is 70.9 Å². The van der Waals surface area contributed by atoms with Gasteiger partial charge < -0.3 is 20.1 Å². The number of carboxylic acids is 1. The van der Waals surface area contributed by atoms with Crippen molar-refractivity contribution in [1.29, 1.82) is 0 Å². The lowest BCUT2D eigenvalue weighted by molar-refractivity contribution is -0.143. The highest BCUT2D eigenvalue weighted by Crippen LogP contribution is 2.41. The summed E-state index contributed by atoms with van der Waals surface area (Å²) in [7, 11) is 0. The molecule has 51 heavy (non-hydrogen) atoms. The summed E-state index contributed by atoms with van der Waals surface area (Å²) in [6, 6.07) is 9.95. The highest BCUT2D eigenvalue weighted by atomic mass is 19.1. The first kappa shape index (κ1) is 37.0. The minimum atomic E-state index is -1.02. The van der Waals surface area contributed by atoms with Gasteiger partial charge in [-0.25, -0.2) is 13.6 Å². The number of likely N-dealkylation sites (tertiary alicyclic amines) is 1. The number of nitrogens with zero attached hydrogens (tertiary/aromatic N) is 2. The summed E-state index contributed by atoms with van der Waals surface area (Å²) in [6.45, 7) is 10.3. The third-order valence-electron chi connectivity index (χ3n) is 12.1. The first-order chi connectivity index (χ1) is 24.3. The van der Waals surface area contributed by atoms with Crippen molar-refractivity contribution >= 4 is 28.8 Å². The van der Waals surface area contributed by atoms with Gasteiger partial charge in [0.2, 0.25) is 5.91 Å². The molecule has 2 saturated carbocycles. The number of rotatable bonds is 8. The minimum absolute atomic E-state index is 0.0174. The number of aromatic nitrogens is 1. The summed E-state index contributed by atoms with van der Waals surface area (Å²) < 4.78 is 36.6. The zero-order chi connectivity index (χ0) is 36.6. The predicted molar refractivity (Wildman–Crippen MR) is 193 cm³/mol. The van der Waals surface area contributed by atoms with Crippen LogP contribution in [0, 0.1) is 36.3 Å². The van der Waals surface area contributed by atoms with Crippen molar-refractivity contribution in [3.63, 3.8) is 0 Å². The molecule has 1 saturated heterocycles. The molecule has 0 unspecified atom stereocenters. The zero-order valence-electron chi connectivity index (χ0n) is 30.6. The second-order valence-corrected chi connectivity index (χ2v) is 15.9. The fourth-order valence-electron chi connectivity index (χ4n) is 9.28. The van der Waals surface area contributed by atoms with Gasteiger partial charge in [0.05, 0.1) is 29.1 Å². The number of hydrogen-bond donors (Lipinski definition) is 2. The van der Waals surface area contributed by atoms with E-state index in [1.807, 2.05) is 20.8 Å². The van der Waals surface area contributed by atoms with Gasteiger partial charge in [0, 0.05) is 29.7 Å². The van der Waals surface area contributed by atoms with E-state index in [9.17, 15) is 28.3 Å². The second-order valence-electron chi connectivity index (χ2n) is 15.9. The third kappa shape index (κ3) is 7.57. The van der Waals surface area contributed by atoms with E-state index in [0.29, 0.717) is 49.1 Å². The highest BCUT2D eigenvalue weighted by Gasteiger charge is 2.48. The molecular formula is C41H53F2N3O5. The number of carbonyl (C=O) groups excluding carboxylic acids is 2. The Bertz CT molecular complexity index is 1750. The SMILES string of the molecule is Cc1c(CC2CCC(OC(C)C)CC2)c2ccc(F)cc2n1C(=O)N1CC[C@@](C(=O)N[C@H]2CC[C@H](C(=O)O)C[C@@H]2C)(c2ccc(F)cc2)C[C@@H]1C. The van der Waals surface area contributed by atoms with Crippen LogP contribution in [0.2, 0.25) is 0 Å². The maximum atomic E-state index is 14.8. The molecule has 2 amide bonds. The van der Waals surface area contributed by atoms with Gasteiger partial charge in [-0.2, -0.15) is 0 Å². The van der Waals surface area contributed by atoms with E-state index in [1.165, 1.54) is 24.3 Å². The number of benzene rings is 2. The van der Waals surface area contributed by atoms with E-state index < -0.39 is 28.9 Å². The molecule has 5 atom stereocenters. The van der Waals surface area contributed by atoms with E-state index in [-0.39, 0.29) is 48.7 Å². The summed E-state index contributed by atoms with van der Waals surface area (Å²) in [4.78, 5) is 42.4. The normalized spacial score (nSPS) is 28.6. The minimum Gasteiger partial charge on any atom is -0.481 e. The Morgan fingerprint density at radius 2 is 1.67 bits per heavy atom. The Balaban J connectivity index is 1.25. The van der Waals surface area contributed by atoms with Gasteiger partial charge in [-0.05, 0) is 145 Å². The zero-order valence-corrected chi connectivity index (χ0v) is 30.6. The second kappa shape index (κ2) is 15.1. The Hall–Kier alpha value is -3.79. The van der Waals surface area contributed by atoms with Crippen molar-refractivity contribution in [2.75, 3.05) is 6.54 Å². The van der Waals surface area contributed by atoms with Gasteiger partial charge >= 0.3 is 12.0 Å². The van der Waals surface area contributed by atoms with Crippen molar-refractivity contribution < 1.29 is 33.0 Å². The van der Waals surface area contributed by atoms with Crippen LogP contribution in [0.4, 0.5) is 13.6 Å². The van der Waals surface area contributed by atoms with Crippen LogP contribution >= 0.6 is 0 Å². The number of carboxylic acid groups (broad SMARTS) is 1. The van der Waals surface area contributed by atoms with Gasteiger partial charge in [-0.1, -0.05) is 19.1 Å². The van der Waals surface area contributed by atoms with Gasteiger partial charge in [-0.3, -0.25) is 14.2 Å². The lowest BCUT2D eigenvalue weighted by Gasteiger charge is -2.46. The molecule has 3 aliphatic rings. The molecule has 1 aliphatic heterocycles. The summed E-state index contributed by atoms with van der Waals surface area (Å²) in [6.07, 6.45) is 7.55. The first-order valence-electron chi connectivity index (χ1n) is 18.8. The van der Waals surface area contributed by atoms with Crippen LogP contribution in [0.15, 0.2) is 42.5 Å². The maximum Gasteiger partial charge on any atom is 0.329 e. The molecule has 2 aromatic carbocycles. The summed E-state index contributed by atoms with van der Waals surface area (Å²) in [5.41, 5.74) is 2.11. The van der Waals surface area contributed by atoms with Crippen LogP contribution in [0.25, 0.3) is 10.9 Å². The molecule has 1 aromatic heterocycles. The third-order valence-corrected chi connectivity index (χ3v) is 12.1. The Morgan fingerprint density at radius 3 is 2.29 bits per heavy atom. The fraction of sp³-hybridized carbons (Fsp3) is 0.585. The van der Waals surface area contributed by atoms with Crippen LogP contribution in [0.3, 0.4) is 0 Å². The highest BCUT2D eigenvalue weighted by molar-refractivity contribution is 5.96. The summed E-state index contributed by atoms with van der Waals surface area (Å²) in [5, 5.41) is 13.7. The molecular weight excluding hydrogens is 652 g/mol. The first-order valence-corrected chi connectivity index (χ1v) is 18.8. The van der Waals surface area contributed by atoms with Gasteiger partial charge in [0.15, 0.2) is 0 Å². The standard InChI is InChI=1S/C41H53F2N3O5/c1-24(2)51-33-14-6-28(7-15-33)21-35-27(5)46(37-22-32(43)13-16-34(35)37)40(50)45-19-18-41(23-26(45)4,30-9-11-31(42)12-10-30)39(49)44-36-17-8-29(38(47)48)20-25(36)3/h9-13,16,22,24-26,28-29,33,36H,6-8,14-15,17-21,23H2,1-5H3,(H,44,49)(H,47,48)/t25-,26-,28?,29-,33?,36-,41-/m0/s1. The van der Waals surface area contributed by atoms with E-state index in [4.69, 9.17) is 4.74 Å². The molecule has 10 heteroatoms. The monoisotopic (exact) mass is 705 g/mol. The van der Waals surface area contributed by atoms with E-state index >= 15 is 0 Å². The number of carbonyl (C=O) groups is 3. The molecule has 0 radical (unpaired) electrons. The average Bonchev–Trinajstić information content (AvgIpc) is 3.35. The average molecular weight is 706 g/mol. The maximum absolute atomic E-state index is 14.8. The smallest absolute Gasteiger partial charge is 0.329 e. The van der Waals surface area contributed by atoms with Crippen molar-refractivity contribution in [2.24, 2.45) is 17.8 Å². The number of hydrogen-bond acceptors (Lipinski definition) is 4. The molecule has 0 bridgehead atoms. The number of amides is 2. The number of ether oxygens (including phenoxy) is 1. The Morgan fingerprint density at radius 1 is 0.980 bits per heavy atom. The van der Waals surface area contributed by atoms with Crippen LogP contribution < -0.4 is 5.32 Å². The topological polar surface area (TPSA) is 101 Å². The fourth-order valence-corrected chi connectivity index (χ4v) is 9.28. The van der Waals surface area contributed by atoms with Gasteiger partial charge in [-0.15, -0.1) is 0 Å². The van der Waals surface area contributed by atoms with Crippen molar-refractivity contribution in [2.45, 2.75) is 129 Å².